The summed E-state index contributed by atoms with van der Waals surface area (Å²) in [5.41, 5.74) is 1.45. The summed E-state index contributed by atoms with van der Waals surface area (Å²) >= 11 is 0. The second-order valence-corrected chi connectivity index (χ2v) is 3.78. The van der Waals surface area contributed by atoms with E-state index in [0.29, 0.717) is 6.04 Å². The zero-order valence-electron chi connectivity index (χ0n) is 8.16. The summed E-state index contributed by atoms with van der Waals surface area (Å²) in [6.07, 6.45) is 2.79. The molecule has 13 heavy (non-hydrogen) atoms. The normalized spacial score (nSPS) is 18.5. The molecular formula is C12H17N. The largest absolute Gasteiger partial charge is 0.310 e. The molecule has 1 N–H and O–H groups in total. The minimum atomic E-state index is 0.603. The van der Waals surface area contributed by atoms with E-state index in [-0.39, 0.29) is 0 Å². The first-order valence-corrected chi connectivity index (χ1v) is 5.20. The Hall–Kier alpha value is -0.820. The van der Waals surface area contributed by atoms with Crippen LogP contribution in [0.3, 0.4) is 0 Å². The lowest BCUT2D eigenvalue weighted by Gasteiger charge is -2.17. The molecule has 0 heterocycles. The molecule has 70 valence electrons. The van der Waals surface area contributed by atoms with E-state index in [1.54, 1.807) is 0 Å². The summed E-state index contributed by atoms with van der Waals surface area (Å²) in [6, 6.07) is 11.4. The van der Waals surface area contributed by atoms with Crippen LogP contribution in [0.1, 0.15) is 31.4 Å². The number of hydrogen-bond donors (Lipinski definition) is 1. The van der Waals surface area contributed by atoms with Gasteiger partial charge in [0.1, 0.15) is 0 Å². The van der Waals surface area contributed by atoms with Crippen LogP contribution in [-0.4, -0.2) is 6.54 Å². The third-order valence-electron chi connectivity index (χ3n) is 2.68. The van der Waals surface area contributed by atoms with E-state index in [2.05, 4.69) is 42.6 Å². The van der Waals surface area contributed by atoms with Crippen LogP contribution in [0.5, 0.6) is 0 Å². The molecule has 1 saturated carbocycles. The van der Waals surface area contributed by atoms with Crippen molar-refractivity contribution in [1.29, 1.82) is 0 Å². The average molecular weight is 175 g/mol. The Labute approximate surface area is 80.2 Å². The molecule has 0 unspecified atom stereocenters. The molecule has 1 fully saturated rings. The van der Waals surface area contributed by atoms with Crippen LogP contribution in [0.15, 0.2) is 30.3 Å². The van der Waals surface area contributed by atoms with Crippen LogP contribution in [0.2, 0.25) is 0 Å². The Morgan fingerprint density at radius 3 is 2.54 bits per heavy atom. The predicted octanol–water partition coefficient (Wildman–Crippen LogP) is 2.75. The van der Waals surface area contributed by atoms with Crippen molar-refractivity contribution in [3.63, 3.8) is 0 Å². The fourth-order valence-electron chi connectivity index (χ4n) is 1.87. The van der Waals surface area contributed by atoms with Gasteiger partial charge in [0.15, 0.2) is 0 Å². The monoisotopic (exact) mass is 175 g/mol. The molecular weight excluding hydrogens is 158 g/mol. The van der Waals surface area contributed by atoms with Gasteiger partial charge in [0.2, 0.25) is 0 Å². The van der Waals surface area contributed by atoms with Crippen molar-refractivity contribution < 1.29 is 0 Å². The van der Waals surface area contributed by atoms with Crippen molar-refractivity contribution in [2.24, 2.45) is 5.92 Å². The minimum Gasteiger partial charge on any atom is -0.310 e. The van der Waals surface area contributed by atoms with Gasteiger partial charge in [-0.1, -0.05) is 37.3 Å². The summed E-state index contributed by atoms with van der Waals surface area (Å²) in [5, 5.41) is 3.56. The maximum Gasteiger partial charge on any atom is 0.0348 e. The van der Waals surface area contributed by atoms with E-state index in [1.807, 2.05) is 0 Å². The van der Waals surface area contributed by atoms with E-state index in [4.69, 9.17) is 0 Å². The summed E-state index contributed by atoms with van der Waals surface area (Å²) in [5.74, 6) is 0.891. The first-order valence-electron chi connectivity index (χ1n) is 5.20. The van der Waals surface area contributed by atoms with Gasteiger partial charge in [0.05, 0.1) is 0 Å². The zero-order valence-corrected chi connectivity index (χ0v) is 8.16. The maximum absolute atomic E-state index is 3.56. The van der Waals surface area contributed by atoms with Crippen LogP contribution in [0, 0.1) is 5.92 Å². The van der Waals surface area contributed by atoms with Crippen LogP contribution in [-0.2, 0) is 0 Å². The van der Waals surface area contributed by atoms with Crippen molar-refractivity contribution in [2.75, 3.05) is 6.54 Å². The van der Waals surface area contributed by atoms with E-state index < -0.39 is 0 Å². The van der Waals surface area contributed by atoms with Gasteiger partial charge in [-0.2, -0.15) is 0 Å². The highest BCUT2D eigenvalue weighted by Crippen LogP contribution is 2.40. The topological polar surface area (TPSA) is 12.0 Å². The Bertz CT molecular complexity index is 251. The van der Waals surface area contributed by atoms with Crippen molar-refractivity contribution in [1.82, 2.24) is 5.32 Å². The van der Waals surface area contributed by atoms with E-state index in [1.165, 1.54) is 18.4 Å². The molecule has 2 rings (SSSR count). The molecule has 1 aliphatic rings. The van der Waals surface area contributed by atoms with Gasteiger partial charge in [0.25, 0.3) is 0 Å². The van der Waals surface area contributed by atoms with Crippen LogP contribution >= 0.6 is 0 Å². The number of hydrogen-bond acceptors (Lipinski definition) is 1. The van der Waals surface area contributed by atoms with Crippen LogP contribution in [0.4, 0.5) is 0 Å². The van der Waals surface area contributed by atoms with Gasteiger partial charge >= 0.3 is 0 Å². The molecule has 0 spiro atoms. The first-order chi connectivity index (χ1) is 6.42. The third kappa shape index (κ3) is 2.10. The summed E-state index contributed by atoms with van der Waals surface area (Å²) < 4.78 is 0. The molecule has 1 heteroatoms. The van der Waals surface area contributed by atoms with E-state index >= 15 is 0 Å². The smallest absolute Gasteiger partial charge is 0.0348 e. The van der Waals surface area contributed by atoms with Crippen molar-refractivity contribution in [3.8, 4) is 0 Å². The number of nitrogens with one attached hydrogen (secondary N) is 1. The highest BCUT2D eigenvalue weighted by molar-refractivity contribution is 5.20. The fourth-order valence-corrected chi connectivity index (χ4v) is 1.87. The standard InChI is InChI=1S/C12H17N/c1-2-13-12(11-8-9-11)10-6-4-3-5-7-10/h3-7,11-13H,2,8-9H2,1H3/t12-/m1/s1. The summed E-state index contributed by atoms with van der Waals surface area (Å²) in [4.78, 5) is 0. The predicted molar refractivity (Wildman–Crippen MR) is 55.6 cm³/mol. The highest BCUT2D eigenvalue weighted by atomic mass is 14.9. The van der Waals surface area contributed by atoms with Gasteiger partial charge in [-0.25, -0.2) is 0 Å². The Balaban J connectivity index is 2.10. The van der Waals surface area contributed by atoms with E-state index in [9.17, 15) is 0 Å². The summed E-state index contributed by atoms with van der Waals surface area (Å²) in [7, 11) is 0. The minimum absolute atomic E-state index is 0.603. The molecule has 1 aromatic carbocycles. The number of rotatable bonds is 4. The first kappa shape index (κ1) is 8.76. The molecule has 1 aliphatic carbocycles. The molecule has 1 atom stereocenters. The second kappa shape index (κ2) is 3.93. The van der Waals surface area contributed by atoms with Crippen molar-refractivity contribution in [3.05, 3.63) is 35.9 Å². The second-order valence-electron chi connectivity index (χ2n) is 3.78. The van der Waals surface area contributed by atoms with Gasteiger partial charge in [-0.05, 0) is 30.9 Å². The van der Waals surface area contributed by atoms with Crippen molar-refractivity contribution >= 4 is 0 Å². The molecule has 0 radical (unpaired) electrons. The Morgan fingerprint density at radius 1 is 1.31 bits per heavy atom. The molecule has 1 nitrogen and oxygen atoms in total. The maximum atomic E-state index is 3.56. The van der Waals surface area contributed by atoms with E-state index in [0.717, 1.165) is 12.5 Å². The molecule has 0 amide bonds. The quantitative estimate of drug-likeness (QED) is 0.742. The number of benzene rings is 1. The van der Waals surface area contributed by atoms with Gasteiger partial charge in [-0.15, -0.1) is 0 Å². The SMILES string of the molecule is CCN[C@H](c1ccccc1)C1CC1. The van der Waals surface area contributed by atoms with Crippen LogP contribution in [0.25, 0.3) is 0 Å². The van der Waals surface area contributed by atoms with Gasteiger partial charge < -0.3 is 5.32 Å². The molecule has 0 aliphatic heterocycles. The van der Waals surface area contributed by atoms with Crippen molar-refractivity contribution in [2.45, 2.75) is 25.8 Å². The molecule has 1 aromatic rings. The van der Waals surface area contributed by atoms with Gasteiger partial charge in [0, 0.05) is 6.04 Å². The van der Waals surface area contributed by atoms with Gasteiger partial charge in [-0.3, -0.25) is 0 Å². The fraction of sp³-hybridized carbons (Fsp3) is 0.500. The third-order valence-corrected chi connectivity index (χ3v) is 2.68. The zero-order chi connectivity index (χ0) is 9.10. The Morgan fingerprint density at radius 2 is 2.00 bits per heavy atom. The Kier molecular flexibility index (Phi) is 2.65. The molecule has 0 saturated heterocycles. The molecule has 0 aromatic heterocycles. The molecule has 0 bridgehead atoms. The summed E-state index contributed by atoms with van der Waals surface area (Å²) in [6.45, 7) is 3.24. The average Bonchev–Trinajstić information content (AvgIpc) is 2.99. The lowest BCUT2D eigenvalue weighted by atomic mass is 10.0. The van der Waals surface area contributed by atoms with Crippen LogP contribution < -0.4 is 5.32 Å². The highest BCUT2D eigenvalue weighted by Gasteiger charge is 2.31. The lowest BCUT2D eigenvalue weighted by molar-refractivity contribution is 0.496. The lowest BCUT2D eigenvalue weighted by Crippen LogP contribution is -2.22.